The zero-order valence-corrected chi connectivity index (χ0v) is 16.4. The van der Waals surface area contributed by atoms with Crippen molar-refractivity contribution in [3.8, 4) is 0 Å². The predicted octanol–water partition coefficient (Wildman–Crippen LogP) is 3.86. The van der Waals surface area contributed by atoms with Gasteiger partial charge < -0.3 is 4.90 Å². The largest absolute Gasteiger partial charge is 0.343 e. The summed E-state index contributed by atoms with van der Waals surface area (Å²) in [5.74, 6) is 0.414. The van der Waals surface area contributed by atoms with Crippen molar-refractivity contribution in [1.82, 2.24) is 14.5 Å². The highest BCUT2D eigenvalue weighted by atomic mass is 32.2. The molecule has 26 heavy (non-hydrogen) atoms. The lowest BCUT2D eigenvalue weighted by Crippen LogP contribution is -2.33. The van der Waals surface area contributed by atoms with Crippen molar-refractivity contribution in [2.45, 2.75) is 57.1 Å². The van der Waals surface area contributed by atoms with Crippen LogP contribution in [0, 0.1) is 0 Å². The fourth-order valence-corrected chi connectivity index (χ4v) is 4.65. The summed E-state index contributed by atoms with van der Waals surface area (Å²) >= 11 is 1.40. The van der Waals surface area contributed by atoms with Gasteiger partial charge in [-0.25, -0.2) is 4.98 Å². The quantitative estimate of drug-likeness (QED) is 0.570. The average Bonchev–Trinajstić information content (AvgIpc) is 2.68. The summed E-state index contributed by atoms with van der Waals surface area (Å²) in [7, 11) is 0. The van der Waals surface area contributed by atoms with Crippen molar-refractivity contribution in [3.05, 3.63) is 34.6 Å². The second kappa shape index (κ2) is 8.71. The molecule has 1 aliphatic carbocycles. The van der Waals surface area contributed by atoms with Crippen LogP contribution in [0.2, 0.25) is 0 Å². The lowest BCUT2D eigenvalue weighted by Gasteiger charge is -2.26. The van der Waals surface area contributed by atoms with E-state index in [1.54, 1.807) is 0 Å². The Kier molecular flexibility index (Phi) is 6.35. The van der Waals surface area contributed by atoms with Gasteiger partial charge in [-0.05, 0) is 38.8 Å². The molecule has 1 aliphatic rings. The number of para-hydroxylation sites is 1. The van der Waals surface area contributed by atoms with E-state index >= 15 is 0 Å². The van der Waals surface area contributed by atoms with Crippen molar-refractivity contribution in [2.75, 3.05) is 18.8 Å². The summed E-state index contributed by atoms with van der Waals surface area (Å²) in [5.41, 5.74) is 0.739. The number of rotatable bonds is 6. The molecule has 0 saturated heterocycles. The Morgan fingerprint density at radius 2 is 1.88 bits per heavy atom. The molecule has 6 heteroatoms. The van der Waals surface area contributed by atoms with Crippen LogP contribution in [0.4, 0.5) is 0 Å². The summed E-state index contributed by atoms with van der Waals surface area (Å²) < 4.78 is 1.86. The van der Waals surface area contributed by atoms with E-state index in [-0.39, 0.29) is 17.5 Å². The van der Waals surface area contributed by atoms with Crippen LogP contribution in [0.25, 0.3) is 10.9 Å². The maximum atomic E-state index is 13.2. The molecule has 3 rings (SSSR count). The van der Waals surface area contributed by atoms with E-state index in [2.05, 4.69) is 0 Å². The third kappa shape index (κ3) is 3.95. The van der Waals surface area contributed by atoms with Gasteiger partial charge in [0.2, 0.25) is 5.91 Å². The number of hydrogen-bond donors (Lipinski definition) is 0. The number of carbonyl (C=O) groups excluding carboxylic acids is 1. The Balaban J connectivity index is 1.96. The number of carbonyl (C=O) groups is 1. The summed E-state index contributed by atoms with van der Waals surface area (Å²) in [6.45, 7) is 5.38. The van der Waals surface area contributed by atoms with E-state index < -0.39 is 0 Å². The molecule has 1 saturated carbocycles. The van der Waals surface area contributed by atoms with E-state index in [1.807, 2.05) is 47.6 Å². The molecule has 1 aromatic heterocycles. The van der Waals surface area contributed by atoms with Gasteiger partial charge in [0.1, 0.15) is 0 Å². The molecule has 0 radical (unpaired) electrons. The van der Waals surface area contributed by atoms with Crippen LogP contribution in [0.5, 0.6) is 0 Å². The molecule has 5 nitrogen and oxygen atoms in total. The van der Waals surface area contributed by atoms with Gasteiger partial charge >= 0.3 is 0 Å². The molecule has 0 aliphatic heterocycles. The van der Waals surface area contributed by atoms with Crippen LogP contribution in [0.1, 0.15) is 52.0 Å². The Morgan fingerprint density at radius 1 is 1.19 bits per heavy atom. The molecule has 0 atom stereocenters. The van der Waals surface area contributed by atoms with Crippen molar-refractivity contribution < 1.29 is 4.79 Å². The molecular weight excluding hydrogens is 346 g/mol. The number of fused-ring (bicyclic) bond motifs is 1. The van der Waals surface area contributed by atoms with Crippen molar-refractivity contribution >= 4 is 28.6 Å². The van der Waals surface area contributed by atoms with E-state index in [9.17, 15) is 9.59 Å². The van der Waals surface area contributed by atoms with E-state index in [0.29, 0.717) is 34.9 Å². The molecule has 1 aromatic carbocycles. The maximum absolute atomic E-state index is 13.2. The molecule has 0 N–H and O–H groups in total. The number of hydrogen-bond acceptors (Lipinski definition) is 4. The van der Waals surface area contributed by atoms with Crippen molar-refractivity contribution in [3.63, 3.8) is 0 Å². The van der Waals surface area contributed by atoms with E-state index in [4.69, 9.17) is 4.98 Å². The van der Waals surface area contributed by atoms with Crippen LogP contribution in [0.3, 0.4) is 0 Å². The lowest BCUT2D eigenvalue weighted by molar-refractivity contribution is -0.127. The predicted molar refractivity (Wildman–Crippen MR) is 107 cm³/mol. The first-order valence-corrected chi connectivity index (χ1v) is 10.6. The van der Waals surface area contributed by atoms with E-state index in [1.165, 1.54) is 18.2 Å². The first-order valence-electron chi connectivity index (χ1n) is 9.57. The average molecular weight is 374 g/mol. The van der Waals surface area contributed by atoms with Gasteiger partial charge in [0.15, 0.2) is 5.16 Å². The standard InChI is InChI=1S/C20H27N3O2S/c1-3-22(4-2)18(24)14-26-20-21-17-13-9-8-12-16(17)19(25)23(20)15-10-6-5-7-11-15/h8-9,12-13,15H,3-7,10-11,14H2,1-2H3. The number of benzene rings is 1. The second-order valence-corrected chi connectivity index (χ2v) is 7.68. The SMILES string of the molecule is CCN(CC)C(=O)CSc1nc2ccccc2c(=O)n1C1CCCCC1. The minimum atomic E-state index is 0.0280. The number of nitrogens with zero attached hydrogens (tertiary/aromatic N) is 3. The fraction of sp³-hybridized carbons (Fsp3) is 0.550. The highest BCUT2D eigenvalue weighted by Gasteiger charge is 2.22. The fourth-order valence-electron chi connectivity index (χ4n) is 3.68. The molecular formula is C20H27N3O2S. The van der Waals surface area contributed by atoms with Crippen molar-refractivity contribution in [1.29, 1.82) is 0 Å². The third-order valence-corrected chi connectivity index (χ3v) is 6.09. The Labute approximate surface area is 158 Å². The molecule has 0 spiro atoms. The monoisotopic (exact) mass is 373 g/mol. The molecule has 2 aromatic rings. The van der Waals surface area contributed by atoms with Crippen LogP contribution >= 0.6 is 11.8 Å². The molecule has 1 amide bonds. The minimum Gasteiger partial charge on any atom is -0.343 e. The van der Waals surface area contributed by atoms with Crippen LogP contribution in [-0.2, 0) is 4.79 Å². The second-order valence-electron chi connectivity index (χ2n) is 6.73. The zero-order chi connectivity index (χ0) is 18.5. The topological polar surface area (TPSA) is 55.2 Å². The molecule has 0 bridgehead atoms. The van der Waals surface area contributed by atoms with E-state index in [0.717, 1.165) is 25.7 Å². The Morgan fingerprint density at radius 3 is 2.58 bits per heavy atom. The van der Waals surface area contributed by atoms with Crippen molar-refractivity contribution in [2.24, 2.45) is 0 Å². The van der Waals surface area contributed by atoms with Crippen LogP contribution in [-0.4, -0.2) is 39.2 Å². The summed E-state index contributed by atoms with van der Waals surface area (Å²) in [4.78, 5) is 32.1. The van der Waals surface area contributed by atoms with Gasteiger partial charge in [0, 0.05) is 19.1 Å². The number of amides is 1. The normalized spacial score (nSPS) is 15.3. The Hall–Kier alpha value is -1.82. The Bertz CT molecular complexity index is 823. The third-order valence-electron chi connectivity index (χ3n) is 5.16. The summed E-state index contributed by atoms with van der Waals surface area (Å²) in [5, 5.41) is 1.35. The highest BCUT2D eigenvalue weighted by molar-refractivity contribution is 7.99. The molecule has 1 fully saturated rings. The smallest absolute Gasteiger partial charge is 0.262 e. The van der Waals surface area contributed by atoms with Gasteiger partial charge in [-0.1, -0.05) is 43.2 Å². The van der Waals surface area contributed by atoms with Gasteiger partial charge in [-0.3, -0.25) is 14.2 Å². The first kappa shape index (κ1) is 19.0. The zero-order valence-electron chi connectivity index (χ0n) is 15.6. The van der Waals surface area contributed by atoms with Crippen LogP contribution in [0.15, 0.2) is 34.2 Å². The molecule has 1 heterocycles. The molecule has 0 unspecified atom stereocenters. The van der Waals surface area contributed by atoms with Gasteiger partial charge in [0.05, 0.1) is 16.7 Å². The summed E-state index contributed by atoms with van der Waals surface area (Å²) in [6, 6.07) is 7.69. The lowest BCUT2D eigenvalue weighted by atomic mass is 9.95. The number of aromatic nitrogens is 2. The molecule has 140 valence electrons. The summed E-state index contributed by atoms with van der Waals surface area (Å²) in [6.07, 6.45) is 5.54. The van der Waals surface area contributed by atoms with Gasteiger partial charge in [-0.2, -0.15) is 0 Å². The first-order chi connectivity index (χ1) is 12.7. The van der Waals surface area contributed by atoms with Crippen LogP contribution < -0.4 is 5.56 Å². The number of thioether (sulfide) groups is 1. The van der Waals surface area contributed by atoms with Gasteiger partial charge in [-0.15, -0.1) is 0 Å². The maximum Gasteiger partial charge on any atom is 0.262 e. The van der Waals surface area contributed by atoms with Gasteiger partial charge in [0.25, 0.3) is 5.56 Å². The highest BCUT2D eigenvalue weighted by Crippen LogP contribution is 2.31. The minimum absolute atomic E-state index is 0.0280.